The van der Waals surface area contributed by atoms with Gasteiger partial charge in [-0.1, -0.05) is 29.3 Å². The predicted octanol–water partition coefficient (Wildman–Crippen LogP) is 3.40. The Morgan fingerprint density at radius 1 is 1.20 bits per heavy atom. The van der Waals surface area contributed by atoms with E-state index >= 15 is 0 Å². The van der Waals surface area contributed by atoms with Crippen molar-refractivity contribution in [2.75, 3.05) is 6.54 Å². The summed E-state index contributed by atoms with van der Waals surface area (Å²) in [6.07, 6.45) is 1.80. The topological polar surface area (TPSA) is 42.1 Å². The SMILES string of the molecule is NCC1c2c(Cl)ccc(Cl)c2CN1Cc1ccccn1. The molecule has 0 aliphatic carbocycles. The molecule has 0 fully saturated rings. The molecule has 0 saturated carbocycles. The molecule has 20 heavy (non-hydrogen) atoms. The van der Waals surface area contributed by atoms with E-state index in [1.807, 2.05) is 30.3 Å². The molecule has 1 aliphatic heterocycles. The average molecular weight is 308 g/mol. The van der Waals surface area contributed by atoms with Gasteiger partial charge in [0.2, 0.25) is 0 Å². The Morgan fingerprint density at radius 2 is 2.00 bits per heavy atom. The second kappa shape index (κ2) is 5.70. The highest BCUT2D eigenvalue weighted by Crippen LogP contribution is 2.41. The second-order valence-electron chi connectivity index (χ2n) is 4.90. The fourth-order valence-electron chi connectivity index (χ4n) is 2.76. The smallest absolute Gasteiger partial charge is 0.0544 e. The molecule has 2 N–H and O–H groups in total. The van der Waals surface area contributed by atoms with Gasteiger partial charge < -0.3 is 5.73 Å². The van der Waals surface area contributed by atoms with E-state index in [2.05, 4.69) is 9.88 Å². The van der Waals surface area contributed by atoms with Crippen molar-refractivity contribution in [2.24, 2.45) is 5.73 Å². The quantitative estimate of drug-likeness (QED) is 0.945. The molecule has 1 aromatic carbocycles. The monoisotopic (exact) mass is 307 g/mol. The Bertz CT molecular complexity index is 616. The van der Waals surface area contributed by atoms with Crippen LogP contribution < -0.4 is 5.73 Å². The van der Waals surface area contributed by atoms with Crippen LogP contribution in [0.3, 0.4) is 0 Å². The summed E-state index contributed by atoms with van der Waals surface area (Å²) in [5.74, 6) is 0. The minimum atomic E-state index is 0.0956. The standard InChI is InChI=1S/C15H15Cl2N3/c16-12-4-5-13(17)15-11(12)9-20(14(15)7-18)8-10-3-1-2-6-19-10/h1-6,14H,7-9,18H2. The number of nitrogens with two attached hydrogens (primary N) is 1. The van der Waals surface area contributed by atoms with Gasteiger partial charge in [-0.25, -0.2) is 0 Å². The lowest BCUT2D eigenvalue weighted by Gasteiger charge is -2.23. The Morgan fingerprint density at radius 3 is 2.70 bits per heavy atom. The van der Waals surface area contributed by atoms with Gasteiger partial charge in [0, 0.05) is 41.9 Å². The summed E-state index contributed by atoms with van der Waals surface area (Å²) >= 11 is 12.6. The van der Waals surface area contributed by atoms with E-state index in [1.54, 1.807) is 6.20 Å². The van der Waals surface area contributed by atoms with Gasteiger partial charge in [-0.05, 0) is 35.4 Å². The van der Waals surface area contributed by atoms with Crippen LogP contribution in [0.15, 0.2) is 36.5 Å². The van der Waals surface area contributed by atoms with Crippen LogP contribution in [0.4, 0.5) is 0 Å². The Balaban J connectivity index is 1.93. The Hall–Kier alpha value is -1.13. The van der Waals surface area contributed by atoms with E-state index in [9.17, 15) is 0 Å². The van der Waals surface area contributed by atoms with Crippen molar-refractivity contribution in [3.05, 3.63) is 63.4 Å². The van der Waals surface area contributed by atoms with Crippen molar-refractivity contribution in [3.8, 4) is 0 Å². The van der Waals surface area contributed by atoms with Crippen LogP contribution in [0.25, 0.3) is 0 Å². The van der Waals surface area contributed by atoms with Gasteiger partial charge in [0.05, 0.1) is 5.69 Å². The average Bonchev–Trinajstić information content (AvgIpc) is 2.83. The van der Waals surface area contributed by atoms with Crippen LogP contribution in [0.2, 0.25) is 10.0 Å². The molecule has 3 nitrogen and oxygen atoms in total. The number of aromatic nitrogens is 1. The first-order chi connectivity index (χ1) is 9.70. The third-order valence-electron chi connectivity index (χ3n) is 3.70. The first-order valence-electron chi connectivity index (χ1n) is 6.51. The van der Waals surface area contributed by atoms with E-state index < -0.39 is 0 Å². The minimum Gasteiger partial charge on any atom is -0.329 e. The van der Waals surface area contributed by atoms with Crippen LogP contribution in [0, 0.1) is 0 Å². The molecule has 0 radical (unpaired) electrons. The lowest BCUT2D eigenvalue weighted by Crippen LogP contribution is -2.28. The van der Waals surface area contributed by atoms with Crippen molar-refractivity contribution < 1.29 is 0 Å². The highest BCUT2D eigenvalue weighted by molar-refractivity contribution is 6.34. The number of nitrogens with zero attached hydrogens (tertiary/aromatic N) is 2. The van der Waals surface area contributed by atoms with E-state index in [0.29, 0.717) is 6.54 Å². The molecule has 3 rings (SSSR count). The third kappa shape index (κ3) is 2.42. The predicted molar refractivity (Wildman–Crippen MR) is 81.7 cm³/mol. The van der Waals surface area contributed by atoms with Crippen molar-refractivity contribution in [2.45, 2.75) is 19.1 Å². The van der Waals surface area contributed by atoms with E-state index in [0.717, 1.165) is 40.0 Å². The Labute approximate surface area is 128 Å². The molecule has 0 bridgehead atoms. The summed E-state index contributed by atoms with van der Waals surface area (Å²) < 4.78 is 0. The first-order valence-corrected chi connectivity index (χ1v) is 7.27. The zero-order chi connectivity index (χ0) is 14.1. The van der Waals surface area contributed by atoms with Gasteiger partial charge in [0.1, 0.15) is 0 Å². The summed E-state index contributed by atoms with van der Waals surface area (Å²) in [7, 11) is 0. The van der Waals surface area contributed by atoms with Crippen molar-refractivity contribution in [1.82, 2.24) is 9.88 Å². The maximum absolute atomic E-state index is 6.33. The van der Waals surface area contributed by atoms with E-state index in [1.165, 1.54) is 0 Å². The highest BCUT2D eigenvalue weighted by atomic mass is 35.5. The van der Waals surface area contributed by atoms with E-state index in [4.69, 9.17) is 28.9 Å². The molecule has 1 aromatic heterocycles. The van der Waals surface area contributed by atoms with Gasteiger partial charge >= 0.3 is 0 Å². The first kappa shape index (κ1) is 13.8. The number of pyridine rings is 1. The summed E-state index contributed by atoms with van der Waals surface area (Å²) in [6.45, 7) is 2.01. The van der Waals surface area contributed by atoms with Crippen molar-refractivity contribution >= 4 is 23.2 Å². The van der Waals surface area contributed by atoms with Gasteiger partial charge in [0.15, 0.2) is 0 Å². The Kier molecular flexibility index (Phi) is 3.94. The fourth-order valence-corrected chi connectivity index (χ4v) is 3.29. The van der Waals surface area contributed by atoms with Gasteiger partial charge in [0.25, 0.3) is 0 Å². The fraction of sp³-hybridized carbons (Fsp3) is 0.267. The molecule has 1 aliphatic rings. The number of benzene rings is 1. The van der Waals surface area contributed by atoms with Crippen LogP contribution >= 0.6 is 23.2 Å². The molecule has 5 heteroatoms. The number of rotatable bonds is 3. The molecular formula is C15H15Cl2N3. The summed E-state index contributed by atoms with van der Waals surface area (Å²) in [5, 5.41) is 1.50. The molecule has 0 saturated heterocycles. The zero-order valence-electron chi connectivity index (χ0n) is 10.9. The molecule has 2 heterocycles. The van der Waals surface area contributed by atoms with E-state index in [-0.39, 0.29) is 6.04 Å². The summed E-state index contributed by atoms with van der Waals surface area (Å²) in [6, 6.07) is 9.70. The second-order valence-corrected chi connectivity index (χ2v) is 5.71. The molecular weight excluding hydrogens is 293 g/mol. The summed E-state index contributed by atoms with van der Waals surface area (Å²) in [4.78, 5) is 6.64. The van der Waals surface area contributed by atoms with Gasteiger partial charge in [-0.3, -0.25) is 9.88 Å². The largest absolute Gasteiger partial charge is 0.329 e. The van der Waals surface area contributed by atoms with Gasteiger partial charge in [-0.2, -0.15) is 0 Å². The number of fused-ring (bicyclic) bond motifs is 1. The van der Waals surface area contributed by atoms with Crippen molar-refractivity contribution in [1.29, 1.82) is 0 Å². The molecule has 2 aromatic rings. The molecule has 104 valence electrons. The summed E-state index contributed by atoms with van der Waals surface area (Å²) in [5.41, 5.74) is 9.12. The van der Waals surface area contributed by atoms with Crippen LogP contribution in [-0.2, 0) is 13.1 Å². The van der Waals surface area contributed by atoms with Crippen molar-refractivity contribution in [3.63, 3.8) is 0 Å². The third-order valence-corrected chi connectivity index (χ3v) is 4.38. The van der Waals surface area contributed by atoms with Gasteiger partial charge in [-0.15, -0.1) is 0 Å². The highest BCUT2D eigenvalue weighted by Gasteiger charge is 2.32. The zero-order valence-corrected chi connectivity index (χ0v) is 12.4. The number of hydrogen-bond donors (Lipinski definition) is 1. The maximum atomic E-state index is 6.33. The number of halogens is 2. The molecule has 1 atom stereocenters. The number of hydrogen-bond acceptors (Lipinski definition) is 3. The lowest BCUT2D eigenvalue weighted by atomic mass is 10.0. The van der Waals surface area contributed by atoms with Crippen LogP contribution in [-0.4, -0.2) is 16.4 Å². The van der Waals surface area contributed by atoms with Crippen LogP contribution in [0.1, 0.15) is 22.9 Å². The lowest BCUT2D eigenvalue weighted by molar-refractivity contribution is 0.208. The molecule has 0 spiro atoms. The molecule has 1 unspecified atom stereocenters. The maximum Gasteiger partial charge on any atom is 0.0544 e. The van der Waals surface area contributed by atoms with Crippen LogP contribution in [0.5, 0.6) is 0 Å². The molecule has 0 amide bonds. The normalized spacial score (nSPS) is 18.2. The minimum absolute atomic E-state index is 0.0956.